The van der Waals surface area contributed by atoms with Crippen LogP contribution in [0.5, 0.6) is 0 Å². The van der Waals surface area contributed by atoms with Gasteiger partial charge in [-0.15, -0.1) is 0 Å². The fraction of sp³-hybridized carbons (Fsp3) is 0.241. The van der Waals surface area contributed by atoms with Crippen LogP contribution in [-0.4, -0.2) is 41.5 Å². The number of hydrogen-bond donors (Lipinski definition) is 3. The third kappa shape index (κ3) is 8.05. The van der Waals surface area contributed by atoms with E-state index < -0.39 is 41.4 Å². The van der Waals surface area contributed by atoms with Crippen LogP contribution in [0.2, 0.25) is 5.02 Å². The second kappa shape index (κ2) is 13.4. The second-order valence-electron chi connectivity index (χ2n) is 9.08. The molecule has 3 aromatic carbocycles. The number of carbonyl (C=O) groups excluding carboxylic acids is 5. The molecule has 0 aliphatic heterocycles. The highest BCUT2D eigenvalue weighted by Crippen LogP contribution is 2.25. The minimum atomic E-state index is -0.965. The number of fused-ring (bicyclic) bond motifs is 1. The van der Waals surface area contributed by atoms with Crippen molar-refractivity contribution >= 4 is 63.1 Å². The molecule has 0 radical (unpaired) electrons. The van der Waals surface area contributed by atoms with Gasteiger partial charge in [0, 0.05) is 36.4 Å². The zero-order valence-electron chi connectivity index (χ0n) is 21.4. The lowest BCUT2D eigenvalue weighted by Crippen LogP contribution is -2.28. The lowest BCUT2D eigenvalue weighted by molar-refractivity contribution is -0.138. The van der Waals surface area contributed by atoms with Crippen molar-refractivity contribution < 1.29 is 24.0 Å². The summed E-state index contributed by atoms with van der Waals surface area (Å²) in [6, 6.07) is 16.9. The summed E-state index contributed by atoms with van der Waals surface area (Å²) in [4.78, 5) is 67.3. The number of nitrogens with two attached hydrogens (primary N) is 2. The van der Waals surface area contributed by atoms with E-state index in [4.69, 9.17) is 23.1 Å². The van der Waals surface area contributed by atoms with Crippen molar-refractivity contribution in [3.8, 4) is 0 Å². The lowest BCUT2D eigenvalue weighted by Gasteiger charge is -2.15. The van der Waals surface area contributed by atoms with Crippen LogP contribution < -0.4 is 16.8 Å². The minimum absolute atomic E-state index is 0.0582. The number of amides is 1. The Morgan fingerprint density at radius 2 is 1.64 bits per heavy atom. The van der Waals surface area contributed by atoms with E-state index >= 15 is 0 Å². The van der Waals surface area contributed by atoms with E-state index in [9.17, 15) is 24.0 Å². The van der Waals surface area contributed by atoms with Crippen molar-refractivity contribution in [2.24, 2.45) is 22.4 Å². The Kier molecular flexibility index (Phi) is 10.1. The van der Waals surface area contributed by atoms with Gasteiger partial charge in [-0.2, -0.15) is 0 Å². The first-order valence-electron chi connectivity index (χ1n) is 12.3. The number of carbonyl (C=O) groups is 5. The van der Waals surface area contributed by atoms with Gasteiger partial charge in [0.2, 0.25) is 17.3 Å². The molecule has 9 nitrogen and oxygen atoms in total. The van der Waals surface area contributed by atoms with Crippen molar-refractivity contribution in [1.29, 1.82) is 0 Å². The summed E-state index contributed by atoms with van der Waals surface area (Å²) in [5, 5.41) is 4.70. The first-order valence-corrected chi connectivity index (χ1v) is 12.7. The van der Waals surface area contributed by atoms with Crippen LogP contribution in [-0.2, 0) is 14.4 Å². The van der Waals surface area contributed by atoms with Gasteiger partial charge in [0.15, 0.2) is 11.7 Å². The number of guanidine groups is 1. The third-order valence-corrected chi connectivity index (χ3v) is 6.38. The SMILES string of the molecule is CC(=O)C(=O)C(CCCCN=C(N)N)CC(=O)C(=O)c1cc(Cl)ccc1NC(=O)c1ccc2ccccc2c1. The van der Waals surface area contributed by atoms with Crippen molar-refractivity contribution in [3.63, 3.8) is 0 Å². The van der Waals surface area contributed by atoms with E-state index in [1.807, 2.05) is 30.3 Å². The maximum Gasteiger partial charge on any atom is 0.255 e. The molecule has 0 saturated heterocycles. The monoisotopic (exact) mass is 548 g/mol. The fourth-order valence-electron chi connectivity index (χ4n) is 4.13. The Morgan fingerprint density at radius 1 is 0.923 bits per heavy atom. The second-order valence-corrected chi connectivity index (χ2v) is 9.52. The molecule has 0 bridgehead atoms. The summed E-state index contributed by atoms with van der Waals surface area (Å²) in [6.07, 6.45) is 0.746. The van der Waals surface area contributed by atoms with Gasteiger partial charge in [0.25, 0.3) is 5.91 Å². The molecule has 10 heteroatoms. The summed E-state index contributed by atoms with van der Waals surface area (Å²) in [7, 11) is 0. The van der Waals surface area contributed by atoms with Gasteiger partial charge < -0.3 is 16.8 Å². The molecule has 3 aromatic rings. The van der Waals surface area contributed by atoms with Crippen molar-refractivity contribution in [2.75, 3.05) is 11.9 Å². The van der Waals surface area contributed by atoms with Crippen LogP contribution in [0, 0.1) is 5.92 Å². The normalized spacial score (nSPS) is 11.4. The highest BCUT2D eigenvalue weighted by molar-refractivity contribution is 6.46. The number of Topliss-reactive ketones (excluding diaryl/α,β-unsaturated/α-hetero) is 4. The number of nitrogens with one attached hydrogen (secondary N) is 1. The maximum absolute atomic E-state index is 13.2. The van der Waals surface area contributed by atoms with Crippen LogP contribution in [0.25, 0.3) is 10.8 Å². The summed E-state index contributed by atoms with van der Waals surface area (Å²) in [6.45, 7) is 1.46. The number of ketones is 4. The molecule has 202 valence electrons. The third-order valence-electron chi connectivity index (χ3n) is 6.14. The van der Waals surface area contributed by atoms with E-state index in [2.05, 4.69) is 10.3 Å². The zero-order chi connectivity index (χ0) is 28.5. The molecule has 0 fully saturated rings. The Labute approximate surface area is 230 Å². The number of halogens is 1. The molecule has 0 saturated carbocycles. The average Bonchev–Trinajstić information content (AvgIpc) is 2.91. The Hall–Kier alpha value is -4.37. The highest BCUT2D eigenvalue weighted by atomic mass is 35.5. The predicted octanol–water partition coefficient (Wildman–Crippen LogP) is 4.11. The van der Waals surface area contributed by atoms with E-state index in [1.165, 1.54) is 18.2 Å². The first-order chi connectivity index (χ1) is 18.6. The van der Waals surface area contributed by atoms with Gasteiger partial charge in [-0.3, -0.25) is 29.0 Å². The van der Waals surface area contributed by atoms with Crippen LogP contribution in [0.1, 0.15) is 53.3 Å². The van der Waals surface area contributed by atoms with Gasteiger partial charge in [0.05, 0.1) is 11.3 Å². The number of nitrogens with zero attached hydrogens (tertiary/aromatic N) is 1. The molecule has 0 aromatic heterocycles. The molecule has 39 heavy (non-hydrogen) atoms. The topological polar surface area (TPSA) is 162 Å². The minimum Gasteiger partial charge on any atom is -0.370 e. The molecule has 0 heterocycles. The number of rotatable bonds is 13. The fourth-order valence-corrected chi connectivity index (χ4v) is 4.30. The molecular formula is C29H29ClN4O5. The summed E-state index contributed by atoms with van der Waals surface area (Å²) < 4.78 is 0. The highest BCUT2D eigenvalue weighted by Gasteiger charge is 2.29. The Morgan fingerprint density at radius 3 is 2.33 bits per heavy atom. The van der Waals surface area contributed by atoms with Crippen molar-refractivity contribution in [2.45, 2.75) is 32.6 Å². The van der Waals surface area contributed by atoms with Gasteiger partial charge in [-0.1, -0.05) is 48.4 Å². The molecule has 5 N–H and O–H groups in total. The van der Waals surface area contributed by atoms with Crippen LogP contribution in [0.3, 0.4) is 0 Å². The van der Waals surface area contributed by atoms with Crippen molar-refractivity contribution in [1.82, 2.24) is 0 Å². The molecular weight excluding hydrogens is 520 g/mol. The van der Waals surface area contributed by atoms with Crippen molar-refractivity contribution in [3.05, 3.63) is 76.8 Å². The van der Waals surface area contributed by atoms with Crippen LogP contribution >= 0.6 is 11.6 Å². The summed E-state index contributed by atoms with van der Waals surface area (Å²) in [5.41, 5.74) is 10.9. The summed E-state index contributed by atoms with van der Waals surface area (Å²) in [5.74, 6) is -4.72. The Bertz CT molecular complexity index is 1460. The van der Waals surface area contributed by atoms with Crippen LogP contribution in [0.15, 0.2) is 65.7 Å². The number of hydrogen-bond acceptors (Lipinski definition) is 6. The largest absolute Gasteiger partial charge is 0.370 e. The Balaban J connectivity index is 1.77. The zero-order valence-corrected chi connectivity index (χ0v) is 22.2. The molecule has 1 unspecified atom stereocenters. The molecule has 3 rings (SSSR count). The van der Waals surface area contributed by atoms with E-state index in [1.54, 1.807) is 12.1 Å². The standard InChI is InChI=1S/C29H29ClN4O5/c1-17(35)26(37)20(8-4-5-13-33-29(31)32)15-25(36)27(38)23-16-22(30)11-12-24(23)34-28(39)21-10-9-18-6-2-3-7-19(18)14-21/h2-3,6-7,9-12,14,16,20H,4-5,8,13,15H2,1H3,(H,34,39)(H4,31,32,33). The number of unbranched alkanes of at least 4 members (excludes halogenated alkanes) is 1. The van der Waals surface area contributed by atoms with Gasteiger partial charge >= 0.3 is 0 Å². The number of anilines is 1. The number of aliphatic imine (C=N–C) groups is 1. The molecule has 0 spiro atoms. The molecule has 1 atom stereocenters. The number of benzene rings is 3. The van der Waals surface area contributed by atoms with E-state index in [0.29, 0.717) is 24.9 Å². The quantitative estimate of drug-likeness (QED) is 0.0951. The van der Waals surface area contributed by atoms with Gasteiger partial charge in [-0.25, -0.2) is 0 Å². The molecule has 0 aliphatic carbocycles. The van der Waals surface area contributed by atoms with Crippen LogP contribution in [0.4, 0.5) is 5.69 Å². The molecule has 1 amide bonds. The predicted molar refractivity (Wildman–Crippen MR) is 151 cm³/mol. The smallest absolute Gasteiger partial charge is 0.255 e. The van der Waals surface area contributed by atoms with E-state index in [-0.39, 0.29) is 28.7 Å². The first kappa shape index (κ1) is 29.2. The summed E-state index contributed by atoms with van der Waals surface area (Å²) >= 11 is 6.10. The van der Waals surface area contributed by atoms with Gasteiger partial charge in [-0.05, 0) is 53.9 Å². The maximum atomic E-state index is 13.2. The van der Waals surface area contributed by atoms with Gasteiger partial charge in [0.1, 0.15) is 0 Å². The van der Waals surface area contributed by atoms with E-state index in [0.717, 1.165) is 17.7 Å². The average molecular weight is 549 g/mol. The molecule has 0 aliphatic rings. The lowest BCUT2D eigenvalue weighted by atomic mass is 9.88.